The summed E-state index contributed by atoms with van der Waals surface area (Å²) in [6, 6.07) is 6.16. The minimum atomic E-state index is -1.20. The van der Waals surface area contributed by atoms with Gasteiger partial charge in [-0.05, 0) is 17.5 Å². The summed E-state index contributed by atoms with van der Waals surface area (Å²) in [6.07, 6.45) is 3.41. The van der Waals surface area contributed by atoms with Crippen LogP contribution in [0.15, 0.2) is 53.3 Å². The van der Waals surface area contributed by atoms with E-state index in [1.807, 2.05) is 17.5 Å². The van der Waals surface area contributed by atoms with Gasteiger partial charge in [-0.2, -0.15) is 0 Å². The zero-order chi connectivity index (χ0) is 22.1. The second kappa shape index (κ2) is 8.52. The summed E-state index contributed by atoms with van der Waals surface area (Å²) in [5.74, 6) is -2.13. The second-order valence-corrected chi connectivity index (χ2v) is 9.23. The van der Waals surface area contributed by atoms with Crippen LogP contribution in [0, 0.1) is 0 Å². The fourth-order valence-electron chi connectivity index (χ4n) is 3.59. The van der Waals surface area contributed by atoms with Gasteiger partial charge in [-0.25, -0.2) is 9.36 Å². The lowest BCUT2D eigenvalue weighted by atomic mass is 10.0. The third-order valence-corrected chi connectivity index (χ3v) is 7.21. The van der Waals surface area contributed by atoms with Gasteiger partial charge in [-0.15, -0.1) is 23.1 Å². The summed E-state index contributed by atoms with van der Waals surface area (Å²) in [7, 11) is 0. The number of nitrogens with one attached hydrogen (secondary N) is 1. The zero-order valence-corrected chi connectivity index (χ0v) is 17.8. The molecule has 11 heteroatoms. The number of aromatic nitrogens is 1. The number of rotatable bonds is 7. The van der Waals surface area contributed by atoms with E-state index in [0.717, 1.165) is 4.88 Å². The molecule has 2 aliphatic heterocycles. The largest absolute Gasteiger partial charge is 0.477 e. The number of fused-ring (bicyclic) bond motifs is 1. The van der Waals surface area contributed by atoms with Crippen LogP contribution in [0.25, 0.3) is 0 Å². The molecule has 0 aromatic carbocycles. The average molecular weight is 460 g/mol. The molecule has 31 heavy (non-hydrogen) atoms. The lowest BCUT2D eigenvalue weighted by Gasteiger charge is -2.49. The summed E-state index contributed by atoms with van der Waals surface area (Å²) < 4.78 is 1.66. The van der Waals surface area contributed by atoms with E-state index in [1.165, 1.54) is 34.2 Å². The Kier molecular flexibility index (Phi) is 5.79. The molecule has 0 aliphatic carbocycles. The molecule has 9 nitrogen and oxygen atoms in total. The molecule has 3 amide bonds. The van der Waals surface area contributed by atoms with Crippen molar-refractivity contribution in [1.29, 1.82) is 0 Å². The second-order valence-electron chi connectivity index (χ2n) is 7.10. The fraction of sp³-hybridized carbons (Fsp3) is 0.250. The third-order valence-electron chi connectivity index (χ3n) is 5.00. The smallest absolute Gasteiger partial charge is 0.352 e. The predicted molar refractivity (Wildman–Crippen MR) is 113 cm³/mol. The van der Waals surface area contributed by atoms with E-state index >= 15 is 0 Å². The van der Waals surface area contributed by atoms with E-state index < -0.39 is 29.2 Å². The first-order valence-electron chi connectivity index (χ1n) is 9.36. The van der Waals surface area contributed by atoms with Crippen LogP contribution in [-0.2, 0) is 27.3 Å². The SMILES string of the molecule is NC(=O)c1ccc[n+](CC2=C(C(=O)O)N3C(=O)[C@@H](NC(=O)Cc4cccs4)[C@H]3SC2)c1. The Morgan fingerprint density at radius 2 is 2.10 bits per heavy atom. The molecule has 2 aliphatic rings. The van der Waals surface area contributed by atoms with Crippen molar-refractivity contribution in [2.45, 2.75) is 24.4 Å². The molecule has 2 aromatic rings. The number of pyridine rings is 1. The molecule has 1 fully saturated rings. The van der Waals surface area contributed by atoms with Crippen LogP contribution in [0.1, 0.15) is 15.2 Å². The number of carbonyl (C=O) groups is 4. The Labute approximate surface area is 185 Å². The molecule has 0 spiro atoms. The number of nitrogens with zero attached hydrogens (tertiary/aromatic N) is 2. The van der Waals surface area contributed by atoms with Crippen molar-refractivity contribution in [1.82, 2.24) is 10.2 Å². The molecule has 2 atom stereocenters. The molecule has 0 bridgehead atoms. The molecular weight excluding hydrogens is 440 g/mol. The number of nitrogens with two attached hydrogens (primary N) is 1. The van der Waals surface area contributed by atoms with Gasteiger partial charge in [0, 0.05) is 22.3 Å². The first-order valence-corrected chi connectivity index (χ1v) is 11.3. The van der Waals surface area contributed by atoms with Crippen LogP contribution in [0.3, 0.4) is 0 Å². The lowest BCUT2D eigenvalue weighted by Crippen LogP contribution is -2.70. The lowest BCUT2D eigenvalue weighted by molar-refractivity contribution is -0.689. The van der Waals surface area contributed by atoms with Crippen LogP contribution in [0.2, 0.25) is 0 Å². The van der Waals surface area contributed by atoms with Gasteiger partial charge in [0.15, 0.2) is 18.9 Å². The summed E-state index contributed by atoms with van der Waals surface area (Å²) in [5.41, 5.74) is 6.07. The quantitative estimate of drug-likeness (QED) is 0.398. The van der Waals surface area contributed by atoms with E-state index in [-0.39, 0.29) is 24.6 Å². The van der Waals surface area contributed by atoms with Crippen LogP contribution in [-0.4, -0.2) is 50.9 Å². The predicted octanol–water partition coefficient (Wildman–Crippen LogP) is 0.116. The third kappa shape index (κ3) is 4.19. The molecular formula is C20H19N4O5S2+. The minimum absolute atomic E-state index is 0.0746. The van der Waals surface area contributed by atoms with Gasteiger partial charge >= 0.3 is 5.97 Å². The number of thioether (sulfide) groups is 1. The van der Waals surface area contributed by atoms with Gasteiger partial charge in [0.1, 0.15) is 22.7 Å². The van der Waals surface area contributed by atoms with E-state index in [2.05, 4.69) is 5.32 Å². The molecule has 2 aromatic heterocycles. The van der Waals surface area contributed by atoms with Gasteiger partial charge < -0.3 is 16.2 Å². The number of carboxylic acids is 1. The molecule has 0 radical (unpaired) electrons. The number of aliphatic carboxylic acids is 1. The molecule has 0 unspecified atom stereocenters. The normalized spacial score (nSPS) is 20.1. The molecule has 1 saturated heterocycles. The number of amides is 3. The number of hydrogen-bond donors (Lipinski definition) is 3. The van der Waals surface area contributed by atoms with Gasteiger partial charge in [-0.1, -0.05) is 6.07 Å². The van der Waals surface area contributed by atoms with Crippen LogP contribution < -0.4 is 15.6 Å². The van der Waals surface area contributed by atoms with E-state index in [4.69, 9.17) is 5.73 Å². The summed E-state index contributed by atoms with van der Waals surface area (Å²) in [6.45, 7) is 0.196. The fourth-order valence-corrected chi connectivity index (χ4v) is 5.63. The number of β-lactam (4-membered cyclic amide) rings is 1. The van der Waals surface area contributed by atoms with Crippen LogP contribution in [0.5, 0.6) is 0 Å². The van der Waals surface area contributed by atoms with Crippen LogP contribution in [0.4, 0.5) is 0 Å². The van der Waals surface area contributed by atoms with Crippen molar-refractivity contribution in [3.63, 3.8) is 0 Å². The number of primary amides is 1. The Hall–Kier alpha value is -3.18. The highest BCUT2D eigenvalue weighted by molar-refractivity contribution is 8.00. The zero-order valence-electron chi connectivity index (χ0n) is 16.2. The maximum atomic E-state index is 12.7. The monoisotopic (exact) mass is 459 g/mol. The summed E-state index contributed by atoms with van der Waals surface area (Å²) >= 11 is 2.86. The highest BCUT2D eigenvalue weighted by atomic mass is 32.2. The van der Waals surface area contributed by atoms with Gasteiger partial charge in [0.25, 0.3) is 11.8 Å². The van der Waals surface area contributed by atoms with Gasteiger partial charge in [0.05, 0.1) is 6.42 Å². The average Bonchev–Trinajstić information content (AvgIpc) is 3.24. The van der Waals surface area contributed by atoms with Gasteiger partial charge in [-0.3, -0.25) is 19.3 Å². The first kappa shape index (κ1) is 21.1. The van der Waals surface area contributed by atoms with Crippen molar-refractivity contribution >= 4 is 46.8 Å². The standard InChI is InChI=1S/C20H18N4O5S2/c21-17(26)11-3-1-5-23(8-11)9-12-10-31-19-15(18(27)24(19)16(12)20(28)29)22-14(25)7-13-4-2-6-30-13/h1-6,8,15,19H,7,9-10H2,(H3-,21,22,25,26,28,29)/p+1/t15-,19-/m1/s1. The maximum absolute atomic E-state index is 12.7. The Morgan fingerprint density at radius 3 is 2.77 bits per heavy atom. The van der Waals surface area contributed by atoms with Crippen molar-refractivity contribution in [3.05, 3.63) is 63.7 Å². The molecule has 4 N–H and O–H groups in total. The minimum Gasteiger partial charge on any atom is -0.477 e. The number of carboxylic acid groups (broad SMARTS) is 1. The van der Waals surface area contributed by atoms with Crippen molar-refractivity contribution in [3.8, 4) is 0 Å². The van der Waals surface area contributed by atoms with Crippen molar-refractivity contribution in [2.75, 3.05) is 5.75 Å². The summed E-state index contributed by atoms with van der Waals surface area (Å²) in [5, 5.41) is 13.9. The molecule has 160 valence electrons. The topological polar surface area (TPSA) is 134 Å². The maximum Gasteiger partial charge on any atom is 0.352 e. The van der Waals surface area contributed by atoms with Crippen LogP contribution >= 0.6 is 23.1 Å². The highest BCUT2D eigenvalue weighted by Crippen LogP contribution is 2.40. The van der Waals surface area contributed by atoms with E-state index in [9.17, 15) is 24.3 Å². The first-order chi connectivity index (χ1) is 14.8. The van der Waals surface area contributed by atoms with Crippen molar-refractivity contribution in [2.24, 2.45) is 5.73 Å². The van der Waals surface area contributed by atoms with E-state index in [0.29, 0.717) is 16.9 Å². The number of thiophene rings is 1. The Bertz CT molecular complexity index is 1100. The molecule has 4 heterocycles. The summed E-state index contributed by atoms with van der Waals surface area (Å²) in [4.78, 5) is 50.5. The number of hydrogen-bond acceptors (Lipinski definition) is 6. The van der Waals surface area contributed by atoms with Crippen molar-refractivity contribution < 1.29 is 28.9 Å². The molecule has 0 saturated carbocycles. The Morgan fingerprint density at radius 1 is 1.29 bits per heavy atom. The highest BCUT2D eigenvalue weighted by Gasteiger charge is 2.54. The Balaban J connectivity index is 1.51. The van der Waals surface area contributed by atoms with Gasteiger partial charge in [0.2, 0.25) is 5.91 Å². The van der Waals surface area contributed by atoms with E-state index in [1.54, 1.807) is 22.9 Å². The molecule has 4 rings (SSSR count). The number of carbonyl (C=O) groups excluding carboxylic acids is 3.